The van der Waals surface area contributed by atoms with Crippen molar-refractivity contribution in [1.29, 1.82) is 0 Å². The molecule has 0 bridgehead atoms. The van der Waals surface area contributed by atoms with Gasteiger partial charge in [-0.2, -0.15) is 0 Å². The Balaban J connectivity index is 2.34. The first kappa shape index (κ1) is 18.0. The molecule has 0 aromatic heterocycles. The van der Waals surface area contributed by atoms with Crippen LogP contribution in [0.2, 0.25) is 0 Å². The van der Waals surface area contributed by atoms with Crippen LogP contribution in [0.3, 0.4) is 0 Å². The molecule has 1 fully saturated rings. The molecule has 3 N–H and O–H groups in total. The zero-order valence-corrected chi connectivity index (χ0v) is 13.6. The number of hydrogen-bond acceptors (Lipinski definition) is 3. The molecule has 122 valence electrons. The summed E-state index contributed by atoms with van der Waals surface area (Å²) in [6, 6.07) is 0. The molecule has 0 spiro atoms. The van der Waals surface area contributed by atoms with Gasteiger partial charge in [-0.1, -0.05) is 20.8 Å². The quantitative estimate of drug-likeness (QED) is 0.672. The first-order chi connectivity index (χ1) is 9.80. The fraction of sp³-hybridized carbons (Fsp3) is 0.875. The Morgan fingerprint density at radius 1 is 1.33 bits per heavy atom. The zero-order chi connectivity index (χ0) is 15.9. The monoisotopic (exact) mass is 298 g/mol. The summed E-state index contributed by atoms with van der Waals surface area (Å²) in [5, 5.41) is 15.1. The van der Waals surface area contributed by atoms with Crippen LogP contribution in [0.4, 0.5) is 0 Å². The fourth-order valence-corrected chi connectivity index (χ4v) is 2.90. The number of amides is 1. The van der Waals surface area contributed by atoms with Crippen LogP contribution in [-0.4, -0.2) is 36.6 Å². The van der Waals surface area contributed by atoms with Crippen molar-refractivity contribution in [2.45, 2.75) is 52.9 Å². The highest BCUT2D eigenvalue weighted by Crippen LogP contribution is 2.32. The topological polar surface area (TPSA) is 78.4 Å². The van der Waals surface area contributed by atoms with Crippen molar-refractivity contribution >= 4 is 11.9 Å². The van der Waals surface area contributed by atoms with Gasteiger partial charge in [0.1, 0.15) is 0 Å². The Morgan fingerprint density at radius 3 is 2.57 bits per heavy atom. The lowest BCUT2D eigenvalue weighted by Crippen LogP contribution is -2.41. The van der Waals surface area contributed by atoms with E-state index in [-0.39, 0.29) is 23.7 Å². The van der Waals surface area contributed by atoms with Gasteiger partial charge in [-0.05, 0) is 43.6 Å². The summed E-state index contributed by atoms with van der Waals surface area (Å²) < 4.78 is 0. The maximum Gasteiger partial charge on any atom is 0.303 e. The molecule has 0 aromatic rings. The minimum atomic E-state index is -0.749. The number of carboxylic acids is 1. The lowest BCUT2D eigenvalue weighted by atomic mass is 9.76. The summed E-state index contributed by atoms with van der Waals surface area (Å²) >= 11 is 0. The summed E-state index contributed by atoms with van der Waals surface area (Å²) in [4.78, 5) is 22.8. The van der Waals surface area contributed by atoms with Gasteiger partial charge in [-0.25, -0.2) is 0 Å². The number of carbonyl (C=O) groups excluding carboxylic acids is 1. The molecular formula is C16H30N2O3. The third-order valence-electron chi connectivity index (χ3n) is 4.39. The van der Waals surface area contributed by atoms with Gasteiger partial charge in [0, 0.05) is 19.5 Å². The highest BCUT2D eigenvalue weighted by atomic mass is 16.4. The molecule has 5 nitrogen and oxygen atoms in total. The number of piperidine rings is 1. The molecule has 0 radical (unpaired) electrons. The van der Waals surface area contributed by atoms with Crippen molar-refractivity contribution in [2.24, 2.45) is 17.3 Å². The number of carboxylic acid groups (broad SMARTS) is 1. The average Bonchev–Trinajstić information content (AvgIpc) is 2.41. The van der Waals surface area contributed by atoms with Gasteiger partial charge >= 0.3 is 5.97 Å². The lowest BCUT2D eigenvalue weighted by Gasteiger charge is -2.31. The van der Waals surface area contributed by atoms with Crippen LogP contribution in [0, 0.1) is 17.3 Å². The van der Waals surface area contributed by atoms with Crippen molar-refractivity contribution in [1.82, 2.24) is 10.6 Å². The molecule has 1 saturated heterocycles. The summed E-state index contributed by atoms with van der Waals surface area (Å²) in [5.74, 6) is -0.223. The van der Waals surface area contributed by atoms with E-state index in [0.29, 0.717) is 18.9 Å². The Bertz CT molecular complexity index is 344. The van der Waals surface area contributed by atoms with E-state index < -0.39 is 5.97 Å². The molecule has 1 unspecified atom stereocenters. The Kier molecular flexibility index (Phi) is 7.15. The number of nitrogens with one attached hydrogen (secondary N) is 2. The standard InChI is InChI=1S/C16H30N2O3/c1-16(2,3)13(6-7-14(19)20)8-10-18-15(21)12-5-4-9-17-11-12/h12-13,17H,4-11H2,1-3H3,(H,18,21)(H,19,20)/t12-,13?/m1/s1. The maximum absolute atomic E-state index is 12.1. The predicted molar refractivity (Wildman–Crippen MR) is 83.0 cm³/mol. The molecule has 0 saturated carbocycles. The van der Waals surface area contributed by atoms with E-state index >= 15 is 0 Å². The van der Waals surface area contributed by atoms with E-state index in [1.807, 2.05) is 0 Å². The normalized spacial score (nSPS) is 20.8. The van der Waals surface area contributed by atoms with Crippen molar-refractivity contribution in [3.8, 4) is 0 Å². The van der Waals surface area contributed by atoms with Gasteiger partial charge in [0.2, 0.25) is 5.91 Å². The Labute approximate surface area is 127 Å². The fourth-order valence-electron chi connectivity index (χ4n) is 2.90. The lowest BCUT2D eigenvalue weighted by molar-refractivity contribution is -0.137. The highest BCUT2D eigenvalue weighted by Gasteiger charge is 2.26. The highest BCUT2D eigenvalue weighted by molar-refractivity contribution is 5.78. The minimum Gasteiger partial charge on any atom is -0.481 e. The van der Waals surface area contributed by atoms with Crippen LogP contribution in [0.5, 0.6) is 0 Å². The maximum atomic E-state index is 12.1. The second-order valence-electron chi connectivity index (χ2n) is 7.12. The van der Waals surface area contributed by atoms with Crippen LogP contribution in [0.25, 0.3) is 0 Å². The van der Waals surface area contributed by atoms with E-state index in [0.717, 1.165) is 32.4 Å². The van der Waals surface area contributed by atoms with E-state index in [1.165, 1.54) is 0 Å². The molecule has 1 heterocycles. The van der Waals surface area contributed by atoms with Crippen LogP contribution < -0.4 is 10.6 Å². The molecule has 0 aliphatic carbocycles. The predicted octanol–water partition coefficient (Wildman–Crippen LogP) is 2.02. The number of aliphatic carboxylic acids is 1. The molecule has 1 amide bonds. The summed E-state index contributed by atoms with van der Waals surface area (Å²) in [6.45, 7) is 8.81. The minimum absolute atomic E-state index is 0.0621. The van der Waals surface area contributed by atoms with Gasteiger partial charge in [0.15, 0.2) is 0 Å². The number of carbonyl (C=O) groups is 2. The summed E-state index contributed by atoms with van der Waals surface area (Å²) in [7, 11) is 0. The SMILES string of the molecule is CC(C)(C)C(CCNC(=O)[C@@H]1CCCNC1)CCC(=O)O. The van der Waals surface area contributed by atoms with E-state index in [1.54, 1.807) is 0 Å². The van der Waals surface area contributed by atoms with Gasteiger partial charge in [-0.3, -0.25) is 9.59 Å². The number of hydrogen-bond donors (Lipinski definition) is 3. The van der Waals surface area contributed by atoms with Crippen LogP contribution in [0.1, 0.15) is 52.9 Å². The molecule has 2 atom stereocenters. The van der Waals surface area contributed by atoms with Crippen molar-refractivity contribution in [3.05, 3.63) is 0 Å². The van der Waals surface area contributed by atoms with E-state index in [9.17, 15) is 9.59 Å². The van der Waals surface area contributed by atoms with Crippen LogP contribution in [-0.2, 0) is 9.59 Å². The third kappa shape index (κ3) is 6.93. The van der Waals surface area contributed by atoms with Crippen molar-refractivity contribution in [3.63, 3.8) is 0 Å². The Hall–Kier alpha value is -1.10. The molecule has 0 aromatic carbocycles. The molecular weight excluding hydrogens is 268 g/mol. The largest absolute Gasteiger partial charge is 0.481 e. The van der Waals surface area contributed by atoms with Crippen LogP contribution in [0.15, 0.2) is 0 Å². The van der Waals surface area contributed by atoms with Gasteiger partial charge < -0.3 is 15.7 Å². The van der Waals surface area contributed by atoms with Gasteiger partial charge in [-0.15, -0.1) is 0 Å². The van der Waals surface area contributed by atoms with E-state index in [4.69, 9.17) is 5.11 Å². The molecule has 1 aliphatic heterocycles. The second kappa shape index (κ2) is 8.37. The first-order valence-corrected chi connectivity index (χ1v) is 8.01. The van der Waals surface area contributed by atoms with Gasteiger partial charge in [0.25, 0.3) is 0 Å². The van der Waals surface area contributed by atoms with Crippen LogP contribution >= 0.6 is 0 Å². The summed E-state index contributed by atoms with van der Waals surface area (Å²) in [5.41, 5.74) is 0.0621. The second-order valence-corrected chi connectivity index (χ2v) is 7.12. The smallest absolute Gasteiger partial charge is 0.303 e. The first-order valence-electron chi connectivity index (χ1n) is 8.01. The van der Waals surface area contributed by atoms with Crippen molar-refractivity contribution in [2.75, 3.05) is 19.6 Å². The molecule has 1 rings (SSSR count). The summed E-state index contributed by atoms with van der Waals surface area (Å²) in [6.07, 6.45) is 3.71. The molecule has 5 heteroatoms. The Morgan fingerprint density at radius 2 is 2.05 bits per heavy atom. The third-order valence-corrected chi connectivity index (χ3v) is 4.39. The average molecular weight is 298 g/mol. The van der Waals surface area contributed by atoms with E-state index in [2.05, 4.69) is 31.4 Å². The van der Waals surface area contributed by atoms with Gasteiger partial charge in [0.05, 0.1) is 5.92 Å². The number of rotatable bonds is 7. The molecule has 1 aliphatic rings. The zero-order valence-electron chi connectivity index (χ0n) is 13.6. The van der Waals surface area contributed by atoms with Crippen molar-refractivity contribution < 1.29 is 14.7 Å². The molecule has 21 heavy (non-hydrogen) atoms.